The van der Waals surface area contributed by atoms with E-state index in [1.165, 1.54) is 4.90 Å². The van der Waals surface area contributed by atoms with Crippen molar-refractivity contribution in [2.24, 2.45) is 0 Å². The molecule has 0 aliphatic carbocycles. The van der Waals surface area contributed by atoms with Crippen LogP contribution >= 0.6 is 0 Å². The van der Waals surface area contributed by atoms with Crippen LogP contribution in [0.1, 0.15) is 55.2 Å². The molecule has 0 bridgehead atoms. The van der Waals surface area contributed by atoms with Gasteiger partial charge in [-0.15, -0.1) is 0 Å². The third kappa shape index (κ3) is 4.19. The summed E-state index contributed by atoms with van der Waals surface area (Å²) in [5, 5.41) is 7.70. The zero-order chi connectivity index (χ0) is 23.0. The molecule has 1 fully saturated rings. The van der Waals surface area contributed by atoms with Crippen LogP contribution in [0.25, 0.3) is 5.69 Å². The van der Waals surface area contributed by atoms with Crippen LogP contribution in [0.5, 0.6) is 0 Å². The molecule has 0 atom stereocenters. The molecule has 164 valence electrons. The van der Waals surface area contributed by atoms with Crippen LogP contribution in [0.3, 0.4) is 0 Å². The highest BCUT2D eigenvalue weighted by Gasteiger charge is 2.30. The Bertz CT molecular complexity index is 1190. The number of nitrogens with one attached hydrogen (secondary N) is 1. The molecule has 0 spiro atoms. The Morgan fingerprint density at radius 3 is 2.19 bits per heavy atom. The van der Waals surface area contributed by atoms with Crippen molar-refractivity contribution in [2.75, 3.05) is 10.2 Å². The Morgan fingerprint density at radius 1 is 0.938 bits per heavy atom. The Kier molecular flexibility index (Phi) is 5.42. The van der Waals surface area contributed by atoms with Crippen LogP contribution in [0.15, 0.2) is 54.6 Å². The van der Waals surface area contributed by atoms with E-state index in [1.54, 1.807) is 28.9 Å². The van der Waals surface area contributed by atoms with Gasteiger partial charge in [-0.05, 0) is 48.9 Å². The summed E-state index contributed by atoms with van der Waals surface area (Å²) in [5.74, 6) is -0.169. The molecular formula is C25H26N4O3. The molecule has 1 aliphatic heterocycles. The topological polar surface area (TPSA) is 84.3 Å². The summed E-state index contributed by atoms with van der Waals surface area (Å²) in [6.07, 6.45) is 0.445. The standard InChI is InChI=1S/C25H26N4O3/c1-16-6-5-7-19(14-16)29-21(15-20(27-29)25(2,3)4)26-24(32)17-8-10-18(11-9-17)28-22(30)12-13-23(28)31/h5-11,14-15H,12-13H2,1-4H3,(H,26,32). The van der Waals surface area contributed by atoms with Crippen molar-refractivity contribution in [1.82, 2.24) is 9.78 Å². The first-order valence-corrected chi connectivity index (χ1v) is 10.6. The van der Waals surface area contributed by atoms with E-state index >= 15 is 0 Å². The lowest BCUT2D eigenvalue weighted by atomic mass is 9.92. The van der Waals surface area contributed by atoms with Crippen molar-refractivity contribution in [3.8, 4) is 5.69 Å². The van der Waals surface area contributed by atoms with Gasteiger partial charge in [0.2, 0.25) is 11.8 Å². The molecule has 2 aromatic carbocycles. The second-order valence-electron chi connectivity index (χ2n) is 9.04. The smallest absolute Gasteiger partial charge is 0.256 e. The molecule has 0 saturated carbocycles. The van der Waals surface area contributed by atoms with Crippen molar-refractivity contribution < 1.29 is 14.4 Å². The highest BCUT2D eigenvalue weighted by atomic mass is 16.2. The molecule has 1 aromatic heterocycles. The number of anilines is 2. The number of aromatic nitrogens is 2. The summed E-state index contributed by atoms with van der Waals surface area (Å²) in [6.45, 7) is 8.22. The number of nitrogens with zero attached hydrogens (tertiary/aromatic N) is 3. The highest BCUT2D eigenvalue weighted by molar-refractivity contribution is 6.20. The first kappa shape index (κ1) is 21.5. The molecular weight excluding hydrogens is 404 g/mol. The van der Waals surface area contributed by atoms with Gasteiger partial charge in [-0.2, -0.15) is 5.10 Å². The lowest BCUT2D eigenvalue weighted by molar-refractivity contribution is -0.121. The second-order valence-corrected chi connectivity index (χ2v) is 9.04. The van der Waals surface area contributed by atoms with Crippen LogP contribution < -0.4 is 10.2 Å². The van der Waals surface area contributed by atoms with Gasteiger partial charge in [0.15, 0.2) is 0 Å². The molecule has 2 heterocycles. The summed E-state index contributed by atoms with van der Waals surface area (Å²) in [7, 11) is 0. The molecule has 0 radical (unpaired) electrons. The fourth-order valence-electron chi connectivity index (χ4n) is 3.61. The zero-order valence-corrected chi connectivity index (χ0v) is 18.7. The fourth-order valence-corrected chi connectivity index (χ4v) is 3.61. The van der Waals surface area contributed by atoms with Crippen LogP contribution in [0, 0.1) is 6.92 Å². The number of imide groups is 1. The van der Waals surface area contributed by atoms with Gasteiger partial charge in [-0.25, -0.2) is 4.68 Å². The summed E-state index contributed by atoms with van der Waals surface area (Å²) in [4.78, 5) is 38.0. The lowest BCUT2D eigenvalue weighted by Crippen LogP contribution is -2.28. The maximum atomic E-state index is 13.0. The van der Waals surface area contributed by atoms with Gasteiger partial charge in [0.1, 0.15) is 5.82 Å². The molecule has 1 aliphatic rings. The Morgan fingerprint density at radius 2 is 1.59 bits per heavy atom. The number of aryl methyl sites for hydroxylation is 1. The number of amides is 3. The lowest BCUT2D eigenvalue weighted by Gasteiger charge is -2.14. The minimum atomic E-state index is -0.301. The van der Waals surface area contributed by atoms with Gasteiger partial charge in [0.25, 0.3) is 5.91 Å². The molecule has 7 heteroatoms. The Labute approximate surface area is 187 Å². The first-order valence-electron chi connectivity index (χ1n) is 10.6. The number of benzene rings is 2. The molecule has 1 N–H and O–H groups in total. The van der Waals surface area contributed by atoms with E-state index in [0.717, 1.165) is 16.9 Å². The molecule has 32 heavy (non-hydrogen) atoms. The van der Waals surface area contributed by atoms with Gasteiger partial charge in [-0.1, -0.05) is 32.9 Å². The van der Waals surface area contributed by atoms with Crippen molar-refractivity contribution in [1.29, 1.82) is 0 Å². The summed E-state index contributed by atoms with van der Waals surface area (Å²) < 4.78 is 1.74. The predicted octanol–water partition coefficient (Wildman–Crippen LogP) is 4.38. The van der Waals surface area contributed by atoms with E-state index in [-0.39, 0.29) is 36.0 Å². The van der Waals surface area contributed by atoms with E-state index in [2.05, 4.69) is 26.1 Å². The second kappa shape index (κ2) is 8.07. The van der Waals surface area contributed by atoms with E-state index in [1.807, 2.05) is 37.3 Å². The minimum Gasteiger partial charge on any atom is -0.306 e. The zero-order valence-electron chi connectivity index (χ0n) is 18.7. The third-order valence-electron chi connectivity index (χ3n) is 5.40. The maximum Gasteiger partial charge on any atom is 0.256 e. The highest BCUT2D eigenvalue weighted by Crippen LogP contribution is 2.27. The van der Waals surface area contributed by atoms with Crippen LogP contribution in [0.4, 0.5) is 11.5 Å². The van der Waals surface area contributed by atoms with Crippen molar-refractivity contribution >= 4 is 29.2 Å². The van der Waals surface area contributed by atoms with Gasteiger partial charge < -0.3 is 5.32 Å². The largest absolute Gasteiger partial charge is 0.306 e. The number of hydrogen-bond donors (Lipinski definition) is 1. The average Bonchev–Trinajstić information content (AvgIpc) is 3.31. The summed E-state index contributed by atoms with van der Waals surface area (Å²) in [6, 6.07) is 16.3. The average molecular weight is 431 g/mol. The van der Waals surface area contributed by atoms with Gasteiger partial charge in [0, 0.05) is 29.9 Å². The van der Waals surface area contributed by atoms with Gasteiger partial charge in [0.05, 0.1) is 17.1 Å². The third-order valence-corrected chi connectivity index (χ3v) is 5.40. The van der Waals surface area contributed by atoms with E-state index in [9.17, 15) is 14.4 Å². The molecule has 3 aromatic rings. The molecule has 1 saturated heterocycles. The molecule has 0 unspecified atom stereocenters. The SMILES string of the molecule is Cc1cccc(-n2nc(C(C)(C)C)cc2NC(=O)c2ccc(N3C(=O)CCC3=O)cc2)c1. The number of hydrogen-bond acceptors (Lipinski definition) is 4. The molecule has 4 rings (SSSR count). The number of carbonyl (C=O) groups is 3. The number of rotatable bonds is 4. The molecule has 7 nitrogen and oxygen atoms in total. The van der Waals surface area contributed by atoms with E-state index in [4.69, 9.17) is 5.10 Å². The van der Waals surface area contributed by atoms with Crippen molar-refractivity contribution in [3.63, 3.8) is 0 Å². The minimum absolute atomic E-state index is 0.189. The predicted molar refractivity (Wildman–Crippen MR) is 123 cm³/mol. The first-order chi connectivity index (χ1) is 15.1. The molecule has 3 amide bonds. The van der Waals surface area contributed by atoms with Crippen LogP contribution in [-0.2, 0) is 15.0 Å². The normalized spacial score (nSPS) is 14.2. The summed E-state index contributed by atoms with van der Waals surface area (Å²) in [5.41, 5.74) is 3.52. The Hall–Kier alpha value is -3.74. The van der Waals surface area contributed by atoms with Crippen molar-refractivity contribution in [2.45, 2.75) is 46.0 Å². The maximum absolute atomic E-state index is 13.0. The fraction of sp³-hybridized carbons (Fsp3) is 0.280. The van der Waals surface area contributed by atoms with E-state index in [0.29, 0.717) is 17.1 Å². The van der Waals surface area contributed by atoms with Crippen LogP contribution in [0.2, 0.25) is 0 Å². The van der Waals surface area contributed by atoms with Gasteiger partial charge >= 0.3 is 0 Å². The monoisotopic (exact) mass is 430 g/mol. The quantitative estimate of drug-likeness (QED) is 0.623. The van der Waals surface area contributed by atoms with E-state index < -0.39 is 0 Å². The summed E-state index contributed by atoms with van der Waals surface area (Å²) >= 11 is 0. The number of carbonyl (C=O) groups excluding carboxylic acids is 3. The van der Waals surface area contributed by atoms with Crippen LogP contribution in [-0.4, -0.2) is 27.5 Å². The van der Waals surface area contributed by atoms with Gasteiger partial charge in [-0.3, -0.25) is 19.3 Å². The Balaban J connectivity index is 1.62. The van der Waals surface area contributed by atoms with Crippen molar-refractivity contribution in [3.05, 3.63) is 71.4 Å².